The van der Waals surface area contributed by atoms with Crippen molar-refractivity contribution in [2.24, 2.45) is 0 Å². The number of aryl methyl sites for hydroxylation is 2. The van der Waals surface area contributed by atoms with Gasteiger partial charge >= 0.3 is 0 Å². The van der Waals surface area contributed by atoms with Gasteiger partial charge in [0.05, 0.1) is 15.9 Å². The zero-order chi connectivity index (χ0) is 15.8. The van der Waals surface area contributed by atoms with Gasteiger partial charge in [-0.05, 0) is 69.1 Å². The van der Waals surface area contributed by atoms with Gasteiger partial charge in [-0.3, -0.25) is 0 Å². The second-order valence-corrected chi connectivity index (χ2v) is 7.21. The summed E-state index contributed by atoms with van der Waals surface area (Å²) in [5.74, 6) is 0.860. The standard InChI is InChI=1S/C16H23BrN4/c1-10-13(9-18-16(4,5)6)7-8-14(19-10)21-12(3)15(17)11(2)20-21/h7-8,18H,9H2,1-6H3. The molecule has 4 nitrogen and oxygen atoms in total. The Bertz CT molecular complexity index is 653. The molecule has 0 aliphatic heterocycles. The molecule has 114 valence electrons. The van der Waals surface area contributed by atoms with Crippen LogP contribution in [0.15, 0.2) is 16.6 Å². The number of hydrogen-bond donors (Lipinski definition) is 1. The van der Waals surface area contributed by atoms with Gasteiger partial charge in [-0.25, -0.2) is 9.67 Å². The first-order valence-corrected chi connectivity index (χ1v) is 7.92. The molecule has 0 atom stereocenters. The number of nitrogens with one attached hydrogen (secondary N) is 1. The Hall–Kier alpha value is -1.20. The van der Waals surface area contributed by atoms with E-state index in [0.29, 0.717) is 0 Å². The first kappa shape index (κ1) is 16.2. The third-order valence-electron chi connectivity index (χ3n) is 3.41. The molecule has 0 aliphatic carbocycles. The fraction of sp³-hybridized carbons (Fsp3) is 0.500. The largest absolute Gasteiger partial charge is 0.308 e. The number of pyridine rings is 1. The summed E-state index contributed by atoms with van der Waals surface area (Å²) >= 11 is 3.56. The fourth-order valence-electron chi connectivity index (χ4n) is 2.09. The van der Waals surface area contributed by atoms with Crippen LogP contribution in [0.25, 0.3) is 5.82 Å². The third kappa shape index (κ3) is 3.71. The first-order chi connectivity index (χ1) is 9.69. The van der Waals surface area contributed by atoms with Crippen LogP contribution in [-0.2, 0) is 6.54 Å². The van der Waals surface area contributed by atoms with Gasteiger partial charge in [-0.1, -0.05) is 6.07 Å². The highest BCUT2D eigenvalue weighted by atomic mass is 79.9. The second-order valence-electron chi connectivity index (χ2n) is 6.41. The molecule has 0 aliphatic rings. The van der Waals surface area contributed by atoms with Gasteiger partial charge in [0.25, 0.3) is 0 Å². The third-order valence-corrected chi connectivity index (χ3v) is 4.56. The molecule has 0 radical (unpaired) electrons. The highest BCUT2D eigenvalue weighted by Crippen LogP contribution is 2.22. The van der Waals surface area contributed by atoms with Crippen molar-refractivity contribution >= 4 is 15.9 Å². The molecule has 2 aromatic heterocycles. The zero-order valence-corrected chi connectivity index (χ0v) is 15.2. The van der Waals surface area contributed by atoms with Gasteiger partial charge in [0.2, 0.25) is 0 Å². The van der Waals surface area contributed by atoms with Gasteiger partial charge in [0.1, 0.15) is 0 Å². The Kier molecular flexibility index (Phi) is 4.54. The molecule has 0 unspecified atom stereocenters. The molecule has 2 heterocycles. The van der Waals surface area contributed by atoms with Crippen molar-refractivity contribution in [1.29, 1.82) is 0 Å². The molecule has 0 fully saturated rings. The van der Waals surface area contributed by atoms with E-state index in [1.54, 1.807) is 0 Å². The minimum atomic E-state index is 0.103. The Morgan fingerprint density at radius 2 is 1.81 bits per heavy atom. The van der Waals surface area contributed by atoms with E-state index in [1.165, 1.54) is 5.56 Å². The minimum Gasteiger partial charge on any atom is -0.308 e. The molecule has 1 N–H and O–H groups in total. The van der Waals surface area contributed by atoms with Crippen LogP contribution in [0, 0.1) is 20.8 Å². The smallest absolute Gasteiger partial charge is 0.153 e. The van der Waals surface area contributed by atoms with Gasteiger partial charge in [-0.15, -0.1) is 0 Å². The minimum absolute atomic E-state index is 0.103. The van der Waals surface area contributed by atoms with Gasteiger partial charge in [0, 0.05) is 17.8 Å². The van der Waals surface area contributed by atoms with E-state index < -0.39 is 0 Å². The molecule has 5 heteroatoms. The lowest BCUT2D eigenvalue weighted by Crippen LogP contribution is -2.35. The van der Waals surface area contributed by atoms with Gasteiger partial charge < -0.3 is 5.32 Å². The maximum absolute atomic E-state index is 4.70. The summed E-state index contributed by atoms with van der Waals surface area (Å²) in [5, 5.41) is 8.02. The highest BCUT2D eigenvalue weighted by Gasteiger charge is 2.13. The van der Waals surface area contributed by atoms with Crippen LogP contribution in [0.3, 0.4) is 0 Å². The summed E-state index contributed by atoms with van der Waals surface area (Å²) < 4.78 is 2.92. The molecular formula is C16H23BrN4. The highest BCUT2D eigenvalue weighted by molar-refractivity contribution is 9.10. The average Bonchev–Trinajstić information content (AvgIpc) is 2.64. The van der Waals surface area contributed by atoms with Crippen LogP contribution >= 0.6 is 15.9 Å². The van der Waals surface area contributed by atoms with E-state index in [9.17, 15) is 0 Å². The van der Waals surface area contributed by atoms with Crippen LogP contribution in [0.4, 0.5) is 0 Å². The molecule has 0 saturated carbocycles. The summed E-state index contributed by atoms with van der Waals surface area (Å²) in [6, 6.07) is 4.15. The lowest BCUT2D eigenvalue weighted by molar-refractivity contribution is 0.423. The van der Waals surface area contributed by atoms with Crippen molar-refractivity contribution < 1.29 is 0 Å². The summed E-state index contributed by atoms with van der Waals surface area (Å²) in [5.41, 5.74) is 4.40. The summed E-state index contributed by atoms with van der Waals surface area (Å²) in [6.45, 7) is 13.4. The van der Waals surface area contributed by atoms with E-state index in [4.69, 9.17) is 4.98 Å². The topological polar surface area (TPSA) is 42.7 Å². The second kappa shape index (κ2) is 5.89. The normalized spacial score (nSPS) is 12.0. The first-order valence-electron chi connectivity index (χ1n) is 7.12. The lowest BCUT2D eigenvalue weighted by atomic mass is 10.1. The van der Waals surface area contributed by atoms with E-state index >= 15 is 0 Å². The summed E-state index contributed by atoms with van der Waals surface area (Å²) in [6.07, 6.45) is 0. The number of hydrogen-bond acceptors (Lipinski definition) is 3. The van der Waals surface area contributed by atoms with Gasteiger partial charge in [-0.2, -0.15) is 5.10 Å². The quantitative estimate of drug-likeness (QED) is 0.914. The summed E-state index contributed by atoms with van der Waals surface area (Å²) in [7, 11) is 0. The van der Waals surface area contributed by atoms with Crippen molar-refractivity contribution in [2.75, 3.05) is 0 Å². The predicted molar refractivity (Wildman–Crippen MR) is 89.9 cm³/mol. The van der Waals surface area contributed by atoms with Crippen LogP contribution in [0.2, 0.25) is 0 Å². The van der Waals surface area contributed by atoms with Crippen molar-refractivity contribution in [3.05, 3.63) is 39.3 Å². The Morgan fingerprint density at radius 3 is 2.29 bits per heavy atom. The zero-order valence-electron chi connectivity index (χ0n) is 13.6. The molecule has 2 aromatic rings. The van der Waals surface area contributed by atoms with E-state index in [1.807, 2.05) is 31.5 Å². The van der Waals surface area contributed by atoms with Crippen LogP contribution in [0.5, 0.6) is 0 Å². The molecule has 21 heavy (non-hydrogen) atoms. The Labute approximate surface area is 135 Å². The molecular weight excluding hydrogens is 328 g/mol. The Morgan fingerprint density at radius 1 is 1.14 bits per heavy atom. The molecule has 0 amide bonds. The van der Waals surface area contributed by atoms with Crippen molar-refractivity contribution in [3.63, 3.8) is 0 Å². The summed E-state index contributed by atoms with van der Waals surface area (Å²) in [4.78, 5) is 4.70. The SMILES string of the molecule is Cc1nc(-n2nc(C)c(Br)c2C)ccc1CNC(C)(C)C. The molecule has 0 spiro atoms. The number of halogens is 1. The number of rotatable bonds is 3. The number of nitrogens with zero attached hydrogens (tertiary/aromatic N) is 3. The van der Waals surface area contributed by atoms with E-state index in [2.05, 4.69) is 53.2 Å². The van der Waals surface area contributed by atoms with Crippen molar-refractivity contribution in [3.8, 4) is 5.82 Å². The molecule has 2 rings (SSSR count). The maximum atomic E-state index is 4.70. The van der Waals surface area contributed by atoms with Crippen molar-refractivity contribution in [1.82, 2.24) is 20.1 Å². The van der Waals surface area contributed by atoms with Gasteiger partial charge in [0.15, 0.2) is 5.82 Å². The average molecular weight is 351 g/mol. The Balaban J connectivity index is 2.28. The van der Waals surface area contributed by atoms with Crippen LogP contribution in [-0.4, -0.2) is 20.3 Å². The molecule has 0 bridgehead atoms. The molecule has 0 aromatic carbocycles. The van der Waals surface area contributed by atoms with E-state index in [0.717, 1.165) is 33.9 Å². The number of aromatic nitrogens is 3. The van der Waals surface area contributed by atoms with E-state index in [-0.39, 0.29) is 5.54 Å². The lowest BCUT2D eigenvalue weighted by Gasteiger charge is -2.21. The maximum Gasteiger partial charge on any atom is 0.153 e. The van der Waals surface area contributed by atoms with Crippen LogP contribution in [0.1, 0.15) is 43.4 Å². The van der Waals surface area contributed by atoms with Crippen molar-refractivity contribution in [2.45, 2.75) is 53.6 Å². The molecule has 0 saturated heterocycles. The van der Waals surface area contributed by atoms with Crippen LogP contribution < -0.4 is 5.32 Å². The monoisotopic (exact) mass is 350 g/mol. The predicted octanol–water partition coefficient (Wildman–Crippen LogP) is 3.84. The fourth-order valence-corrected chi connectivity index (χ4v) is 2.34.